The Bertz CT molecular complexity index is 612. The van der Waals surface area contributed by atoms with Crippen molar-refractivity contribution in [1.29, 1.82) is 0 Å². The fraction of sp³-hybridized carbons (Fsp3) is 0.643. The van der Waals surface area contributed by atoms with Gasteiger partial charge in [0.1, 0.15) is 5.82 Å². The van der Waals surface area contributed by atoms with Crippen molar-refractivity contribution >= 4 is 35.5 Å². The van der Waals surface area contributed by atoms with Crippen molar-refractivity contribution in [3.05, 3.63) is 21.9 Å². The van der Waals surface area contributed by atoms with E-state index in [1.165, 1.54) is 0 Å². The van der Waals surface area contributed by atoms with Crippen molar-refractivity contribution in [3.63, 3.8) is 0 Å². The maximum Gasteiger partial charge on any atom is 0.191 e. The molecule has 1 aliphatic heterocycles. The van der Waals surface area contributed by atoms with Gasteiger partial charge in [-0.3, -0.25) is 0 Å². The Balaban J connectivity index is 0.00000192. The average Bonchev–Trinajstić information content (AvgIpc) is 3.22. The van der Waals surface area contributed by atoms with E-state index in [9.17, 15) is 0 Å². The molecule has 1 N–H and O–H groups in total. The van der Waals surface area contributed by atoms with Crippen LogP contribution < -0.4 is 5.32 Å². The van der Waals surface area contributed by atoms with E-state index < -0.39 is 0 Å². The zero-order valence-corrected chi connectivity index (χ0v) is 15.8. The SMILES string of the molecule is CNCc1nnc(SCc2csc(C)n2)n1CC1CCCO1.Cl. The molecular formula is C14H22ClN5OS2. The molecule has 0 aromatic carbocycles. The lowest BCUT2D eigenvalue weighted by Crippen LogP contribution is -2.20. The molecule has 1 atom stereocenters. The molecule has 6 nitrogen and oxygen atoms in total. The number of aryl methyl sites for hydroxylation is 1. The van der Waals surface area contributed by atoms with Gasteiger partial charge in [0.05, 0.1) is 29.9 Å². The first-order valence-electron chi connectivity index (χ1n) is 7.48. The number of hydrogen-bond acceptors (Lipinski definition) is 7. The van der Waals surface area contributed by atoms with E-state index in [-0.39, 0.29) is 18.5 Å². The van der Waals surface area contributed by atoms with Crippen LogP contribution in [0.2, 0.25) is 0 Å². The van der Waals surface area contributed by atoms with Gasteiger partial charge in [-0.05, 0) is 26.8 Å². The predicted molar refractivity (Wildman–Crippen MR) is 95.4 cm³/mol. The van der Waals surface area contributed by atoms with Gasteiger partial charge in [-0.2, -0.15) is 0 Å². The molecule has 128 valence electrons. The number of ether oxygens (including phenoxy) is 1. The standard InChI is InChI=1S/C14H21N5OS2.ClH/c1-10-16-11(8-21-10)9-22-14-18-17-13(6-15-2)19(14)7-12-4-3-5-20-12;/h8,12,15H,3-7,9H2,1-2H3;1H. The fourth-order valence-electron chi connectivity index (χ4n) is 2.50. The minimum atomic E-state index is 0. The molecule has 0 radical (unpaired) electrons. The summed E-state index contributed by atoms with van der Waals surface area (Å²) in [4.78, 5) is 4.51. The van der Waals surface area contributed by atoms with Crippen molar-refractivity contribution in [2.24, 2.45) is 0 Å². The van der Waals surface area contributed by atoms with Gasteiger partial charge in [-0.15, -0.1) is 33.9 Å². The Labute approximate surface area is 150 Å². The topological polar surface area (TPSA) is 64.9 Å². The molecule has 1 unspecified atom stereocenters. The Morgan fingerprint density at radius 3 is 3.00 bits per heavy atom. The molecule has 2 aromatic rings. The highest BCUT2D eigenvalue weighted by Crippen LogP contribution is 2.24. The smallest absolute Gasteiger partial charge is 0.191 e. The highest BCUT2D eigenvalue weighted by molar-refractivity contribution is 7.98. The molecule has 0 saturated carbocycles. The second-order valence-corrected chi connectivity index (χ2v) is 7.33. The predicted octanol–water partition coefficient (Wildman–Crippen LogP) is 2.66. The van der Waals surface area contributed by atoms with Gasteiger partial charge in [-0.1, -0.05) is 11.8 Å². The minimum Gasteiger partial charge on any atom is -0.376 e. The second-order valence-electron chi connectivity index (χ2n) is 5.32. The van der Waals surface area contributed by atoms with Crippen LogP contribution >= 0.6 is 35.5 Å². The average molecular weight is 376 g/mol. The highest BCUT2D eigenvalue weighted by Gasteiger charge is 2.20. The van der Waals surface area contributed by atoms with Crippen LogP contribution in [0.25, 0.3) is 0 Å². The van der Waals surface area contributed by atoms with Gasteiger partial charge >= 0.3 is 0 Å². The maximum absolute atomic E-state index is 5.76. The molecule has 3 rings (SSSR count). The number of rotatable bonds is 7. The Morgan fingerprint density at radius 2 is 2.35 bits per heavy atom. The third kappa shape index (κ3) is 4.90. The summed E-state index contributed by atoms with van der Waals surface area (Å²) in [6.45, 7) is 4.46. The quantitative estimate of drug-likeness (QED) is 0.750. The minimum absolute atomic E-state index is 0. The third-order valence-corrected chi connectivity index (χ3v) is 5.38. The summed E-state index contributed by atoms with van der Waals surface area (Å²) in [5.41, 5.74) is 1.11. The molecule has 0 spiro atoms. The van der Waals surface area contributed by atoms with E-state index >= 15 is 0 Å². The molecule has 3 heterocycles. The number of nitrogens with zero attached hydrogens (tertiary/aromatic N) is 4. The van der Waals surface area contributed by atoms with Crippen molar-refractivity contribution in [2.75, 3.05) is 13.7 Å². The molecule has 0 aliphatic carbocycles. The van der Waals surface area contributed by atoms with Crippen LogP contribution in [0.1, 0.15) is 29.4 Å². The lowest BCUT2D eigenvalue weighted by Gasteiger charge is -2.14. The highest BCUT2D eigenvalue weighted by atomic mass is 35.5. The van der Waals surface area contributed by atoms with Crippen molar-refractivity contribution in [1.82, 2.24) is 25.1 Å². The van der Waals surface area contributed by atoms with Gasteiger partial charge in [-0.25, -0.2) is 4.98 Å². The van der Waals surface area contributed by atoms with Gasteiger partial charge in [0.25, 0.3) is 0 Å². The van der Waals surface area contributed by atoms with Crippen molar-refractivity contribution in [3.8, 4) is 0 Å². The normalized spacial score (nSPS) is 17.4. The fourth-order valence-corrected chi connectivity index (χ4v) is 4.08. The van der Waals surface area contributed by atoms with E-state index in [0.29, 0.717) is 0 Å². The zero-order valence-electron chi connectivity index (χ0n) is 13.3. The molecular weight excluding hydrogens is 354 g/mol. The monoisotopic (exact) mass is 375 g/mol. The van der Waals surface area contributed by atoms with Crippen LogP contribution in [0, 0.1) is 6.92 Å². The summed E-state index contributed by atoms with van der Waals surface area (Å²) in [5.74, 6) is 1.79. The number of aromatic nitrogens is 4. The Hall–Kier alpha value is -0.670. The van der Waals surface area contributed by atoms with Gasteiger partial charge in [0, 0.05) is 17.7 Å². The molecule has 9 heteroatoms. The number of nitrogens with one attached hydrogen (secondary N) is 1. The summed E-state index contributed by atoms with van der Waals surface area (Å²) < 4.78 is 7.95. The summed E-state index contributed by atoms with van der Waals surface area (Å²) in [7, 11) is 1.93. The molecule has 23 heavy (non-hydrogen) atoms. The number of halogens is 1. The summed E-state index contributed by atoms with van der Waals surface area (Å²) in [6, 6.07) is 0. The van der Waals surface area contributed by atoms with Crippen LogP contribution in [0.4, 0.5) is 0 Å². The number of thioether (sulfide) groups is 1. The van der Waals surface area contributed by atoms with Crippen LogP contribution in [0.3, 0.4) is 0 Å². The third-order valence-electron chi connectivity index (χ3n) is 3.55. The van der Waals surface area contributed by atoms with E-state index in [1.54, 1.807) is 23.1 Å². The lowest BCUT2D eigenvalue weighted by molar-refractivity contribution is 0.0941. The van der Waals surface area contributed by atoms with Crippen LogP contribution in [0.5, 0.6) is 0 Å². The molecule has 0 amide bonds. The Kier molecular flexibility index (Phi) is 7.29. The lowest BCUT2D eigenvalue weighted by atomic mass is 10.2. The first-order valence-corrected chi connectivity index (χ1v) is 9.35. The summed E-state index contributed by atoms with van der Waals surface area (Å²) >= 11 is 3.38. The van der Waals surface area contributed by atoms with Crippen LogP contribution in [0.15, 0.2) is 10.5 Å². The number of thiazole rings is 1. The first kappa shape index (κ1) is 18.7. The Morgan fingerprint density at radius 1 is 1.48 bits per heavy atom. The van der Waals surface area contributed by atoms with Gasteiger partial charge in [0.15, 0.2) is 5.16 Å². The summed E-state index contributed by atoms with van der Waals surface area (Å²) in [5, 5.41) is 16.0. The molecule has 0 bridgehead atoms. The second kappa shape index (κ2) is 8.98. The van der Waals surface area contributed by atoms with Gasteiger partial charge < -0.3 is 14.6 Å². The molecule has 1 saturated heterocycles. The largest absolute Gasteiger partial charge is 0.376 e. The molecule has 1 aliphatic rings. The van der Waals surface area contributed by atoms with Crippen LogP contribution in [-0.4, -0.2) is 39.5 Å². The van der Waals surface area contributed by atoms with E-state index in [2.05, 4.69) is 30.4 Å². The summed E-state index contributed by atoms with van der Waals surface area (Å²) in [6.07, 6.45) is 2.55. The van der Waals surface area contributed by atoms with Crippen molar-refractivity contribution in [2.45, 2.75) is 49.9 Å². The van der Waals surface area contributed by atoms with Gasteiger partial charge in [0.2, 0.25) is 0 Å². The van der Waals surface area contributed by atoms with Crippen LogP contribution in [-0.2, 0) is 23.6 Å². The van der Waals surface area contributed by atoms with Crippen molar-refractivity contribution < 1.29 is 4.74 Å². The zero-order chi connectivity index (χ0) is 15.4. The van der Waals surface area contributed by atoms with E-state index in [1.807, 2.05) is 14.0 Å². The first-order chi connectivity index (χ1) is 10.8. The van der Waals surface area contributed by atoms with E-state index in [0.717, 1.165) is 60.0 Å². The number of hydrogen-bond donors (Lipinski definition) is 1. The molecule has 2 aromatic heterocycles. The molecule has 1 fully saturated rings. The van der Waals surface area contributed by atoms with E-state index in [4.69, 9.17) is 4.74 Å². The maximum atomic E-state index is 5.76.